The fourth-order valence-electron chi connectivity index (χ4n) is 2.23. The van der Waals surface area contributed by atoms with Crippen molar-refractivity contribution < 1.29 is 24.2 Å². The summed E-state index contributed by atoms with van der Waals surface area (Å²) in [5.41, 5.74) is 0.823. The molecule has 3 N–H and O–H groups in total. The minimum atomic E-state index is -1.13. The van der Waals surface area contributed by atoms with E-state index in [0.717, 1.165) is 5.56 Å². The van der Waals surface area contributed by atoms with Gasteiger partial charge < -0.3 is 20.5 Å². The van der Waals surface area contributed by atoms with E-state index in [1.807, 2.05) is 30.3 Å². The molecule has 2 atom stereocenters. The second-order valence-electron chi connectivity index (χ2n) is 6.19. The Morgan fingerprint density at radius 1 is 1.19 bits per heavy atom. The number of carbonyl (C=O) groups is 3. The van der Waals surface area contributed by atoms with Gasteiger partial charge in [-0.2, -0.15) is 0 Å². The number of ether oxygens (including phenoxy) is 1. The molecule has 26 heavy (non-hydrogen) atoms. The van der Waals surface area contributed by atoms with Crippen LogP contribution in [-0.4, -0.2) is 35.2 Å². The molecule has 0 bridgehead atoms. The van der Waals surface area contributed by atoms with Crippen LogP contribution in [0.1, 0.15) is 32.3 Å². The Kier molecular flexibility index (Phi) is 8.91. The fourth-order valence-corrected chi connectivity index (χ4v) is 2.23. The van der Waals surface area contributed by atoms with Crippen molar-refractivity contribution in [2.45, 2.75) is 45.4 Å². The number of carboxylic acids is 1. The molecule has 0 aliphatic carbocycles. The monoisotopic (exact) mass is 362 g/mol. The van der Waals surface area contributed by atoms with Crippen molar-refractivity contribution in [1.82, 2.24) is 10.6 Å². The third-order valence-corrected chi connectivity index (χ3v) is 3.71. The SMILES string of the molecule is C=CCC[C@@H](NC(=O)[C@@H](NC(=O)OCc1ccccc1)C(C)C)C(=O)O. The highest BCUT2D eigenvalue weighted by Gasteiger charge is 2.28. The standard InChI is InChI=1S/C19H26N2O5/c1-4-5-11-15(18(23)24)20-17(22)16(13(2)3)21-19(25)26-12-14-9-7-6-8-10-14/h4,6-10,13,15-16H,1,5,11-12H2,2-3H3,(H,20,22)(H,21,25)(H,23,24)/t15-,16+/m1/s1. The van der Waals surface area contributed by atoms with Gasteiger partial charge in [-0.05, 0) is 24.3 Å². The molecule has 0 spiro atoms. The maximum absolute atomic E-state index is 12.4. The van der Waals surface area contributed by atoms with Crippen LogP contribution < -0.4 is 10.6 Å². The predicted molar refractivity (Wildman–Crippen MR) is 97.4 cm³/mol. The van der Waals surface area contributed by atoms with Crippen LogP contribution in [0.15, 0.2) is 43.0 Å². The van der Waals surface area contributed by atoms with E-state index in [9.17, 15) is 19.5 Å². The average Bonchev–Trinajstić information content (AvgIpc) is 2.61. The first-order chi connectivity index (χ1) is 12.3. The molecule has 1 aromatic rings. The van der Waals surface area contributed by atoms with Crippen LogP contribution >= 0.6 is 0 Å². The minimum absolute atomic E-state index is 0.0796. The molecule has 0 fully saturated rings. The van der Waals surface area contributed by atoms with Gasteiger partial charge in [0.1, 0.15) is 18.7 Å². The van der Waals surface area contributed by atoms with Gasteiger partial charge in [0.2, 0.25) is 5.91 Å². The van der Waals surface area contributed by atoms with Crippen molar-refractivity contribution in [2.24, 2.45) is 5.92 Å². The van der Waals surface area contributed by atoms with E-state index in [4.69, 9.17) is 4.74 Å². The van der Waals surface area contributed by atoms with Gasteiger partial charge in [-0.25, -0.2) is 9.59 Å². The number of benzene rings is 1. The van der Waals surface area contributed by atoms with E-state index in [1.165, 1.54) is 0 Å². The summed E-state index contributed by atoms with van der Waals surface area (Å²) in [6, 6.07) is 7.21. The van der Waals surface area contributed by atoms with Gasteiger partial charge in [0.15, 0.2) is 0 Å². The second-order valence-corrected chi connectivity index (χ2v) is 6.19. The van der Waals surface area contributed by atoms with E-state index >= 15 is 0 Å². The lowest BCUT2D eigenvalue weighted by atomic mass is 10.0. The Hall–Kier alpha value is -2.83. The second kappa shape index (κ2) is 10.9. The molecule has 0 aliphatic heterocycles. The Bertz CT molecular complexity index is 616. The first-order valence-electron chi connectivity index (χ1n) is 8.46. The van der Waals surface area contributed by atoms with Gasteiger partial charge >= 0.3 is 12.1 Å². The van der Waals surface area contributed by atoms with Gasteiger partial charge in [0, 0.05) is 0 Å². The first kappa shape index (κ1) is 21.2. The van der Waals surface area contributed by atoms with Crippen LogP contribution in [0.4, 0.5) is 4.79 Å². The number of carbonyl (C=O) groups excluding carboxylic acids is 2. The fraction of sp³-hybridized carbons (Fsp3) is 0.421. The molecule has 0 unspecified atom stereocenters. The van der Waals surface area contributed by atoms with Crippen molar-refractivity contribution in [1.29, 1.82) is 0 Å². The molecule has 7 nitrogen and oxygen atoms in total. The molecular weight excluding hydrogens is 336 g/mol. The number of aliphatic carboxylic acids is 1. The van der Waals surface area contributed by atoms with Crippen LogP contribution in [0.3, 0.4) is 0 Å². The highest BCUT2D eigenvalue weighted by molar-refractivity contribution is 5.89. The molecule has 0 saturated carbocycles. The zero-order valence-electron chi connectivity index (χ0n) is 15.1. The first-order valence-corrected chi connectivity index (χ1v) is 8.46. The van der Waals surface area contributed by atoms with Gasteiger partial charge in [0.25, 0.3) is 0 Å². The number of hydrogen-bond acceptors (Lipinski definition) is 4. The topological polar surface area (TPSA) is 105 Å². The minimum Gasteiger partial charge on any atom is -0.480 e. The highest BCUT2D eigenvalue weighted by Crippen LogP contribution is 2.06. The van der Waals surface area contributed by atoms with Crippen LogP contribution in [0.25, 0.3) is 0 Å². The molecule has 7 heteroatoms. The van der Waals surface area contributed by atoms with E-state index in [2.05, 4.69) is 17.2 Å². The predicted octanol–water partition coefficient (Wildman–Crippen LogP) is 2.47. The number of allylic oxidation sites excluding steroid dienone is 1. The molecular formula is C19H26N2O5. The highest BCUT2D eigenvalue weighted by atomic mass is 16.5. The average molecular weight is 362 g/mol. The van der Waals surface area contributed by atoms with Gasteiger partial charge in [0.05, 0.1) is 0 Å². The molecule has 0 radical (unpaired) electrons. The summed E-state index contributed by atoms with van der Waals surface area (Å²) in [6.07, 6.45) is 1.53. The van der Waals surface area contributed by atoms with Crippen LogP contribution in [0, 0.1) is 5.92 Å². The van der Waals surface area contributed by atoms with Crippen molar-refractivity contribution >= 4 is 18.0 Å². The number of nitrogens with one attached hydrogen (secondary N) is 2. The van der Waals surface area contributed by atoms with Crippen molar-refractivity contribution in [3.05, 3.63) is 48.6 Å². The summed E-state index contributed by atoms with van der Waals surface area (Å²) >= 11 is 0. The van der Waals surface area contributed by atoms with Gasteiger partial charge in [-0.15, -0.1) is 6.58 Å². The Labute approximate surface area is 153 Å². The number of hydrogen-bond donors (Lipinski definition) is 3. The third-order valence-electron chi connectivity index (χ3n) is 3.71. The van der Waals surface area contributed by atoms with Crippen molar-refractivity contribution in [3.8, 4) is 0 Å². The lowest BCUT2D eigenvalue weighted by Crippen LogP contribution is -2.53. The maximum Gasteiger partial charge on any atom is 0.408 e. The normalized spacial score (nSPS) is 12.7. The lowest BCUT2D eigenvalue weighted by Gasteiger charge is -2.23. The quantitative estimate of drug-likeness (QED) is 0.555. The van der Waals surface area contributed by atoms with Gasteiger partial charge in [-0.3, -0.25) is 4.79 Å². The third kappa shape index (κ3) is 7.38. The summed E-state index contributed by atoms with van der Waals surface area (Å²) in [6.45, 7) is 7.12. The molecule has 142 valence electrons. The maximum atomic E-state index is 12.4. The summed E-state index contributed by atoms with van der Waals surface area (Å²) in [7, 11) is 0. The van der Waals surface area contributed by atoms with Crippen LogP contribution in [0.2, 0.25) is 0 Å². The van der Waals surface area contributed by atoms with Crippen molar-refractivity contribution in [2.75, 3.05) is 0 Å². The smallest absolute Gasteiger partial charge is 0.408 e. The summed E-state index contributed by atoms with van der Waals surface area (Å²) in [5, 5.41) is 14.2. The lowest BCUT2D eigenvalue weighted by molar-refractivity contribution is -0.142. The number of carboxylic acid groups (broad SMARTS) is 1. The Morgan fingerprint density at radius 3 is 2.38 bits per heavy atom. The largest absolute Gasteiger partial charge is 0.480 e. The molecule has 0 heterocycles. The van der Waals surface area contributed by atoms with E-state index in [1.54, 1.807) is 19.9 Å². The summed E-state index contributed by atoms with van der Waals surface area (Å²) in [5.74, 6) is -1.93. The molecule has 0 aliphatic rings. The Balaban J connectivity index is 2.62. The van der Waals surface area contributed by atoms with Crippen LogP contribution in [0.5, 0.6) is 0 Å². The molecule has 1 aromatic carbocycles. The van der Waals surface area contributed by atoms with E-state index < -0.39 is 30.1 Å². The zero-order valence-corrected chi connectivity index (χ0v) is 15.1. The number of amides is 2. The zero-order chi connectivity index (χ0) is 19.5. The van der Waals surface area contributed by atoms with Crippen molar-refractivity contribution in [3.63, 3.8) is 0 Å². The molecule has 0 aromatic heterocycles. The summed E-state index contributed by atoms with van der Waals surface area (Å²) < 4.78 is 5.12. The molecule has 1 rings (SSSR count). The Morgan fingerprint density at radius 2 is 1.85 bits per heavy atom. The van der Waals surface area contributed by atoms with Crippen LogP contribution in [-0.2, 0) is 20.9 Å². The number of alkyl carbamates (subject to hydrolysis) is 1. The summed E-state index contributed by atoms with van der Waals surface area (Å²) in [4.78, 5) is 35.6. The molecule has 0 saturated heterocycles. The van der Waals surface area contributed by atoms with E-state index in [0.29, 0.717) is 6.42 Å². The van der Waals surface area contributed by atoms with Gasteiger partial charge in [-0.1, -0.05) is 50.3 Å². The van der Waals surface area contributed by atoms with E-state index in [-0.39, 0.29) is 18.9 Å². The molecule has 2 amide bonds. The number of rotatable bonds is 10.